The summed E-state index contributed by atoms with van der Waals surface area (Å²) in [4.78, 5) is 41.0. The smallest absolute Gasteiger partial charge is 0.337 e. The Bertz CT molecular complexity index is 1280. The summed E-state index contributed by atoms with van der Waals surface area (Å²) in [5.41, 5.74) is 3.94. The molecule has 0 radical (unpaired) electrons. The molecule has 7 nitrogen and oxygen atoms in total. The number of rotatable bonds is 9. The number of unbranched alkanes of at least 4 members (excludes halogenated alkanes) is 1. The third kappa shape index (κ3) is 5.78. The zero-order valence-electron chi connectivity index (χ0n) is 21.9. The number of benzene rings is 3. The zero-order valence-corrected chi connectivity index (χ0v) is 21.9. The minimum Gasteiger partial charge on any atom is -0.466 e. The molecule has 4 rings (SSSR count). The standard InChI is InChI=1S/C31H33N3O4/c1-4-5-19-34-21(2)26(30(36)38-3)28(33-31(34)37)24-17-12-18-25(20-24)32-29(35)27(22-13-8-6-9-14-22)23-15-10-7-11-16-23/h6-18,20,27-28H,4-5,19H2,1-3H3,(H,32,35)(H,33,37). The van der Waals surface area contributed by atoms with Gasteiger partial charge in [0, 0.05) is 17.9 Å². The lowest BCUT2D eigenvalue weighted by molar-refractivity contribution is -0.136. The summed E-state index contributed by atoms with van der Waals surface area (Å²) in [6.45, 7) is 4.33. The van der Waals surface area contributed by atoms with Gasteiger partial charge in [0.1, 0.15) is 0 Å². The number of esters is 1. The van der Waals surface area contributed by atoms with Gasteiger partial charge in [-0.05, 0) is 42.2 Å². The third-order valence-electron chi connectivity index (χ3n) is 6.75. The fraction of sp³-hybridized carbons (Fsp3) is 0.258. The van der Waals surface area contributed by atoms with Gasteiger partial charge >= 0.3 is 12.0 Å². The Kier molecular flexibility index (Phi) is 8.58. The van der Waals surface area contributed by atoms with Crippen LogP contribution in [-0.2, 0) is 14.3 Å². The Labute approximate surface area is 223 Å². The molecule has 3 aromatic rings. The minimum atomic E-state index is -0.705. The van der Waals surface area contributed by atoms with Crippen molar-refractivity contribution in [3.8, 4) is 0 Å². The van der Waals surface area contributed by atoms with E-state index >= 15 is 0 Å². The number of carbonyl (C=O) groups is 3. The predicted octanol–water partition coefficient (Wildman–Crippen LogP) is 5.77. The molecule has 1 heterocycles. The van der Waals surface area contributed by atoms with Gasteiger partial charge in [0.15, 0.2) is 0 Å². The molecule has 0 saturated carbocycles. The Hall–Kier alpha value is -4.39. The van der Waals surface area contributed by atoms with Crippen molar-refractivity contribution in [2.75, 3.05) is 19.0 Å². The summed E-state index contributed by atoms with van der Waals surface area (Å²) < 4.78 is 5.08. The molecule has 0 aromatic heterocycles. The van der Waals surface area contributed by atoms with Crippen molar-refractivity contribution in [2.45, 2.75) is 38.6 Å². The number of anilines is 1. The summed E-state index contributed by atoms with van der Waals surface area (Å²) in [5, 5.41) is 6.00. The Morgan fingerprint density at radius 1 is 0.974 bits per heavy atom. The van der Waals surface area contributed by atoms with Crippen molar-refractivity contribution in [3.63, 3.8) is 0 Å². The first-order valence-electron chi connectivity index (χ1n) is 12.8. The highest BCUT2D eigenvalue weighted by Gasteiger charge is 2.36. The normalized spacial score (nSPS) is 15.3. The molecule has 1 unspecified atom stereocenters. The van der Waals surface area contributed by atoms with Crippen molar-refractivity contribution < 1.29 is 19.1 Å². The van der Waals surface area contributed by atoms with E-state index in [0.29, 0.717) is 29.1 Å². The lowest BCUT2D eigenvalue weighted by Gasteiger charge is -2.35. The van der Waals surface area contributed by atoms with Crippen LogP contribution in [0.25, 0.3) is 0 Å². The number of carbonyl (C=O) groups excluding carboxylic acids is 3. The molecule has 3 amide bonds. The molecule has 38 heavy (non-hydrogen) atoms. The number of allylic oxidation sites excluding steroid dienone is 1. The third-order valence-corrected chi connectivity index (χ3v) is 6.75. The molecular weight excluding hydrogens is 478 g/mol. The van der Waals surface area contributed by atoms with Gasteiger partial charge < -0.3 is 15.4 Å². The summed E-state index contributed by atoms with van der Waals surface area (Å²) in [6, 6.07) is 25.5. The molecular formula is C31H33N3O4. The molecule has 0 saturated heterocycles. The van der Waals surface area contributed by atoms with E-state index in [1.165, 1.54) is 7.11 Å². The zero-order chi connectivity index (χ0) is 27.1. The van der Waals surface area contributed by atoms with Crippen molar-refractivity contribution in [2.24, 2.45) is 0 Å². The van der Waals surface area contributed by atoms with E-state index in [4.69, 9.17) is 4.74 Å². The van der Waals surface area contributed by atoms with Crippen LogP contribution in [0.3, 0.4) is 0 Å². The summed E-state index contributed by atoms with van der Waals surface area (Å²) >= 11 is 0. The largest absolute Gasteiger partial charge is 0.466 e. The molecule has 0 bridgehead atoms. The van der Waals surface area contributed by atoms with Gasteiger partial charge in [-0.1, -0.05) is 86.1 Å². The minimum absolute atomic E-state index is 0.183. The molecule has 1 aliphatic rings. The number of amides is 3. The molecule has 1 aliphatic heterocycles. The maximum absolute atomic E-state index is 13.6. The molecule has 7 heteroatoms. The molecule has 0 fully saturated rings. The van der Waals surface area contributed by atoms with Crippen LogP contribution in [0.4, 0.5) is 10.5 Å². The Balaban J connectivity index is 1.65. The number of urea groups is 1. The van der Waals surface area contributed by atoms with Crippen molar-refractivity contribution in [3.05, 3.63) is 113 Å². The highest BCUT2D eigenvalue weighted by Crippen LogP contribution is 2.33. The highest BCUT2D eigenvalue weighted by molar-refractivity contribution is 5.98. The van der Waals surface area contributed by atoms with Crippen LogP contribution in [0.5, 0.6) is 0 Å². The van der Waals surface area contributed by atoms with Gasteiger partial charge in [0.2, 0.25) is 5.91 Å². The van der Waals surface area contributed by atoms with Crippen molar-refractivity contribution >= 4 is 23.6 Å². The lowest BCUT2D eigenvalue weighted by Crippen LogP contribution is -2.48. The van der Waals surface area contributed by atoms with E-state index in [9.17, 15) is 14.4 Å². The van der Waals surface area contributed by atoms with Gasteiger partial charge in [0.25, 0.3) is 0 Å². The molecule has 2 N–H and O–H groups in total. The average Bonchev–Trinajstić information content (AvgIpc) is 2.94. The Morgan fingerprint density at radius 3 is 2.18 bits per heavy atom. The quantitative estimate of drug-likeness (QED) is 0.357. The average molecular weight is 512 g/mol. The van der Waals surface area contributed by atoms with Crippen molar-refractivity contribution in [1.29, 1.82) is 0 Å². The summed E-state index contributed by atoms with van der Waals surface area (Å²) in [7, 11) is 1.33. The van der Waals surface area contributed by atoms with E-state index in [1.54, 1.807) is 30.0 Å². The predicted molar refractivity (Wildman–Crippen MR) is 147 cm³/mol. The molecule has 0 spiro atoms. The van der Waals surface area contributed by atoms with E-state index in [-0.39, 0.29) is 11.9 Å². The number of hydrogen-bond acceptors (Lipinski definition) is 4. The lowest BCUT2D eigenvalue weighted by atomic mass is 9.90. The SMILES string of the molecule is CCCCN1C(=O)NC(c2cccc(NC(=O)C(c3ccccc3)c3ccccc3)c2)C(C(=O)OC)=C1C. The molecule has 196 valence electrons. The maximum Gasteiger partial charge on any atom is 0.337 e. The second-order valence-electron chi connectivity index (χ2n) is 9.25. The number of hydrogen-bond donors (Lipinski definition) is 2. The van der Waals surface area contributed by atoms with Crippen molar-refractivity contribution in [1.82, 2.24) is 10.2 Å². The fourth-order valence-corrected chi connectivity index (χ4v) is 4.79. The van der Waals surface area contributed by atoms with Crippen LogP contribution in [-0.4, -0.2) is 36.5 Å². The number of methoxy groups -OCH3 is 1. The Morgan fingerprint density at radius 2 is 1.61 bits per heavy atom. The van der Waals surface area contributed by atoms with Gasteiger partial charge in [0.05, 0.1) is 24.6 Å². The van der Waals surface area contributed by atoms with Crippen LogP contribution in [0, 0.1) is 0 Å². The monoisotopic (exact) mass is 511 g/mol. The number of nitrogens with zero attached hydrogens (tertiary/aromatic N) is 1. The van der Waals surface area contributed by atoms with Gasteiger partial charge in [-0.15, -0.1) is 0 Å². The highest BCUT2D eigenvalue weighted by atomic mass is 16.5. The van der Waals surface area contributed by atoms with Gasteiger partial charge in [-0.2, -0.15) is 0 Å². The second-order valence-corrected chi connectivity index (χ2v) is 9.25. The first-order valence-corrected chi connectivity index (χ1v) is 12.8. The molecule has 0 aliphatic carbocycles. The van der Waals surface area contributed by atoms with E-state index < -0.39 is 17.9 Å². The van der Waals surface area contributed by atoms with Crippen LogP contribution < -0.4 is 10.6 Å². The second kappa shape index (κ2) is 12.2. The maximum atomic E-state index is 13.6. The van der Waals surface area contributed by atoms with E-state index in [0.717, 1.165) is 24.0 Å². The van der Waals surface area contributed by atoms with Crippen LogP contribution in [0.1, 0.15) is 55.3 Å². The first kappa shape index (κ1) is 26.7. The van der Waals surface area contributed by atoms with Crippen LogP contribution in [0.2, 0.25) is 0 Å². The first-order chi connectivity index (χ1) is 18.4. The van der Waals surface area contributed by atoms with E-state index in [2.05, 4.69) is 10.6 Å². The van der Waals surface area contributed by atoms with Crippen LogP contribution >= 0.6 is 0 Å². The number of ether oxygens (including phenoxy) is 1. The van der Waals surface area contributed by atoms with Crippen LogP contribution in [0.15, 0.2) is 96.2 Å². The summed E-state index contributed by atoms with van der Waals surface area (Å²) in [5.74, 6) is -1.19. The number of nitrogens with one attached hydrogen (secondary N) is 2. The molecule has 3 aromatic carbocycles. The van der Waals surface area contributed by atoms with E-state index in [1.807, 2.05) is 73.7 Å². The fourth-order valence-electron chi connectivity index (χ4n) is 4.79. The van der Waals surface area contributed by atoms with Gasteiger partial charge in [-0.3, -0.25) is 9.69 Å². The summed E-state index contributed by atoms with van der Waals surface area (Å²) in [6.07, 6.45) is 1.73. The molecule has 1 atom stereocenters. The topological polar surface area (TPSA) is 87.7 Å². The van der Waals surface area contributed by atoms with Gasteiger partial charge in [-0.25, -0.2) is 9.59 Å².